The summed E-state index contributed by atoms with van der Waals surface area (Å²) in [6.45, 7) is 1.04. The van der Waals surface area contributed by atoms with Crippen molar-refractivity contribution >= 4 is 29.2 Å². The first kappa shape index (κ1) is 15.8. The first-order valence-electron chi connectivity index (χ1n) is 7.43. The predicted octanol–water partition coefficient (Wildman–Crippen LogP) is 2.07. The van der Waals surface area contributed by atoms with Crippen LogP contribution in [-0.2, 0) is 11.3 Å². The molecule has 23 heavy (non-hydrogen) atoms. The Labute approximate surface area is 136 Å². The molecule has 122 valence electrons. The molecule has 0 unspecified atom stereocenters. The number of nitrogens with one attached hydrogen (secondary N) is 1. The highest BCUT2D eigenvalue weighted by molar-refractivity contribution is 7.71. The van der Waals surface area contributed by atoms with Crippen LogP contribution in [-0.4, -0.2) is 39.3 Å². The summed E-state index contributed by atoms with van der Waals surface area (Å²) in [5, 5.41) is 9.55. The number of aromatic nitrogens is 3. The summed E-state index contributed by atoms with van der Waals surface area (Å²) in [7, 11) is 1.61. The summed E-state index contributed by atoms with van der Waals surface area (Å²) in [5.41, 5.74) is 0.529. The van der Waals surface area contributed by atoms with Crippen molar-refractivity contribution in [2.45, 2.75) is 31.7 Å². The fourth-order valence-corrected chi connectivity index (χ4v) is 2.90. The van der Waals surface area contributed by atoms with Crippen LogP contribution in [0.2, 0.25) is 0 Å². The standard InChI is InChI=1S/C15H17N3O4S/c1-22-6-2-5-18-12-11(13(19)17-15(18)23)9(14(20)21)7-10(16-12)8-3-4-8/h7-8H,2-6H2,1H3,(H,20,21)(H,17,19,23). The second kappa shape index (κ2) is 6.21. The molecule has 2 heterocycles. The third kappa shape index (κ3) is 3.04. The second-order valence-corrected chi connectivity index (χ2v) is 6.02. The minimum atomic E-state index is -1.13. The van der Waals surface area contributed by atoms with Gasteiger partial charge in [0.1, 0.15) is 5.65 Å². The summed E-state index contributed by atoms with van der Waals surface area (Å²) in [6.07, 6.45) is 2.67. The number of rotatable bonds is 6. The third-order valence-electron chi connectivity index (χ3n) is 3.92. The minimum absolute atomic E-state index is 0.0198. The Kier molecular flexibility index (Phi) is 4.27. The molecule has 1 saturated carbocycles. The molecule has 0 bridgehead atoms. The number of carboxylic acid groups (broad SMARTS) is 1. The maximum atomic E-state index is 12.2. The van der Waals surface area contributed by atoms with Crippen LogP contribution in [0.25, 0.3) is 11.0 Å². The molecule has 1 aliphatic carbocycles. The van der Waals surface area contributed by atoms with Gasteiger partial charge in [-0.3, -0.25) is 9.78 Å². The van der Waals surface area contributed by atoms with Gasteiger partial charge in [0.2, 0.25) is 0 Å². The van der Waals surface area contributed by atoms with Crippen molar-refractivity contribution in [3.8, 4) is 0 Å². The van der Waals surface area contributed by atoms with Crippen molar-refractivity contribution in [1.82, 2.24) is 14.5 Å². The first-order chi connectivity index (χ1) is 11.0. The van der Waals surface area contributed by atoms with Gasteiger partial charge in [-0.1, -0.05) is 0 Å². The maximum Gasteiger partial charge on any atom is 0.336 e. The van der Waals surface area contributed by atoms with E-state index in [2.05, 4.69) is 9.97 Å². The molecule has 0 saturated heterocycles. The zero-order valence-electron chi connectivity index (χ0n) is 12.7. The molecule has 0 aliphatic heterocycles. The zero-order valence-corrected chi connectivity index (χ0v) is 13.5. The van der Waals surface area contributed by atoms with E-state index in [0.717, 1.165) is 18.5 Å². The Hall–Kier alpha value is -2.06. The van der Waals surface area contributed by atoms with Crippen molar-refractivity contribution < 1.29 is 14.6 Å². The normalized spacial score (nSPS) is 14.3. The van der Waals surface area contributed by atoms with Gasteiger partial charge in [-0.05, 0) is 37.5 Å². The number of hydrogen-bond acceptors (Lipinski definition) is 5. The van der Waals surface area contributed by atoms with E-state index >= 15 is 0 Å². The Morgan fingerprint density at radius 2 is 2.30 bits per heavy atom. The second-order valence-electron chi connectivity index (χ2n) is 5.63. The lowest BCUT2D eigenvalue weighted by atomic mass is 10.1. The smallest absolute Gasteiger partial charge is 0.336 e. The largest absolute Gasteiger partial charge is 0.478 e. The fourth-order valence-electron chi connectivity index (χ4n) is 2.62. The zero-order chi connectivity index (χ0) is 16.6. The maximum absolute atomic E-state index is 12.2. The van der Waals surface area contributed by atoms with Crippen LogP contribution in [0.3, 0.4) is 0 Å². The van der Waals surface area contributed by atoms with Crippen molar-refractivity contribution in [3.63, 3.8) is 0 Å². The Balaban J connectivity index is 2.27. The van der Waals surface area contributed by atoms with E-state index in [4.69, 9.17) is 17.0 Å². The molecular formula is C15H17N3O4S. The highest BCUT2D eigenvalue weighted by atomic mass is 32.1. The van der Waals surface area contributed by atoms with Gasteiger partial charge in [0.25, 0.3) is 5.56 Å². The van der Waals surface area contributed by atoms with Crippen LogP contribution in [0, 0.1) is 4.77 Å². The number of hydrogen-bond donors (Lipinski definition) is 2. The van der Waals surface area contributed by atoms with Crippen LogP contribution in [0.15, 0.2) is 10.9 Å². The fraction of sp³-hybridized carbons (Fsp3) is 0.467. The summed E-state index contributed by atoms with van der Waals surface area (Å²) in [4.78, 5) is 30.9. The summed E-state index contributed by atoms with van der Waals surface area (Å²) >= 11 is 5.23. The number of aromatic carboxylic acids is 1. The predicted molar refractivity (Wildman–Crippen MR) is 86.6 cm³/mol. The number of fused-ring (bicyclic) bond motifs is 1. The Bertz CT molecular complexity index is 883. The molecule has 8 heteroatoms. The van der Waals surface area contributed by atoms with E-state index in [9.17, 15) is 14.7 Å². The highest BCUT2D eigenvalue weighted by Crippen LogP contribution is 2.39. The molecule has 0 atom stereocenters. The summed E-state index contributed by atoms with van der Waals surface area (Å²) in [5.74, 6) is -0.858. The Morgan fingerprint density at radius 3 is 2.91 bits per heavy atom. The van der Waals surface area contributed by atoms with Crippen molar-refractivity contribution in [3.05, 3.63) is 32.4 Å². The molecule has 2 N–H and O–H groups in total. The monoisotopic (exact) mass is 335 g/mol. The molecule has 1 fully saturated rings. The molecule has 0 amide bonds. The molecule has 2 aromatic heterocycles. The number of pyridine rings is 1. The van der Waals surface area contributed by atoms with E-state index in [1.165, 1.54) is 6.07 Å². The van der Waals surface area contributed by atoms with Gasteiger partial charge >= 0.3 is 5.97 Å². The van der Waals surface area contributed by atoms with E-state index < -0.39 is 11.5 Å². The van der Waals surface area contributed by atoms with Gasteiger partial charge in [0.15, 0.2) is 4.77 Å². The molecule has 1 aliphatic rings. The van der Waals surface area contributed by atoms with Crippen LogP contribution in [0.5, 0.6) is 0 Å². The van der Waals surface area contributed by atoms with Gasteiger partial charge in [-0.25, -0.2) is 9.78 Å². The molecule has 0 spiro atoms. The van der Waals surface area contributed by atoms with Crippen LogP contribution >= 0.6 is 12.2 Å². The van der Waals surface area contributed by atoms with E-state index in [1.807, 2.05) is 0 Å². The SMILES string of the molecule is COCCCn1c(=S)[nH]c(=O)c2c(C(=O)O)cc(C3CC3)nc21. The lowest BCUT2D eigenvalue weighted by Crippen LogP contribution is -2.20. The molecule has 0 aromatic carbocycles. The average molecular weight is 335 g/mol. The van der Waals surface area contributed by atoms with Crippen molar-refractivity contribution in [2.75, 3.05) is 13.7 Å². The van der Waals surface area contributed by atoms with Crippen LogP contribution < -0.4 is 5.56 Å². The Morgan fingerprint density at radius 1 is 1.57 bits per heavy atom. The average Bonchev–Trinajstić information content (AvgIpc) is 3.34. The number of carbonyl (C=O) groups is 1. The molecule has 7 nitrogen and oxygen atoms in total. The number of aryl methyl sites for hydroxylation is 1. The first-order valence-corrected chi connectivity index (χ1v) is 7.83. The van der Waals surface area contributed by atoms with Crippen molar-refractivity contribution in [1.29, 1.82) is 0 Å². The van der Waals surface area contributed by atoms with E-state index in [0.29, 0.717) is 25.2 Å². The van der Waals surface area contributed by atoms with Crippen molar-refractivity contribution in [2.24, 2.45) is 0 Å². The number of carboxylic acids is 1. The van der Waals surface area contributed by atoms with Gasteiger partial charge < -0.3 is 14.4 Å². The molecule has 0 radical (unpaired) electrons. The number of H-pyrrole nitrogens is 1. The summed E-state index contributed by atoms with van der Waals surface area (Å²) < 4.78 is 6.97. The number of aromatic amines is 1. The molecule has 2 aromatic rings. The minimum Gasteiger partial charge on any atom is -0.478 e. The number of nitrogens with zero attached hydrogens (tertiary/aromatic N) is 2. The molecular weight excluding hydrogens is 318 g/mol. The van der Waals surface area contributed by atoms with Crippen LogP contribution in [0.1, 0.15) is 41.2 Å². The lowest BCUT2D eigenvalue weighted by molar-refractivity contribution is 0.0698. The van der Waals surface area contributed by atoms with E-state index in [1.54, 1.807) is 11.7 Å². The quantitative estimate of drug-likeness (QED) is 0.619. The number of ether oxygens (including phenoxy) is 1. The van der Waals surface area contributed by atoms with Crippen LogP contribution in [0.4, 0.5) is 0 Å². The number of methoxy groups -OCH3 is 1. The third-order valence-corrected chi connectivity index (χ3v) is 4.25. The van der Waals surface area contributed by atoms with E-state index in [-0.39, 0.29) is 21.6 Å². The molecule has 3 rings (SSSR count). The highest BCUT2D eigenvalue weighted by Gasteiger charge is 2.28. The lowest BCUT2D eigenvalue weighted by Gasteiger charge is -2.12. The van der Waals surface area contributed by atoms with Gasteiger partial charge in [0.05, 0.1) is 10.9 Å². The topological polar surface area (TPSA) is 97.2 Å². The summed E-state index contributed by atoms with van der Waals surface area (Å²) in [6, 6.07) is 1.51. The van der Waals surface area contributed by atoms with Gasteiger partial charge in [-0.15, -0.1) is 0 Å². The van der Waals surface area contributed by atoms with Gasteiger partial charge in [-0.2, -0.15) is 0 Å². The van der Waals surface area contributed by atoms with Gasteiger partial charge in [0, 0.05) is 31.9 Å².